The zero-order chi connectivity index (χ0) is 22.5. The lowest BCUT2D eigenvalue weighted by Gasteiger charge is -2.13. The molecule has 0 saturated carbocycles. The normalized spacial score (nSPS) is 12.8. The standard InChI is InChI=1S/C24H24N4O3S/c1-3-13-27-21(16-31-18-11-9-17(4-2)10-12-18)25-26-24(27)32-15-14-28-22(29)19-7-5-6-8-20(19)23(28)30/h3,5-12H,1,4,13-16H2,2H3. The van der Waals surface area contributed by atoms with Crippen LogP contribution in [-0.4, -0.2) is 43.8 Å². The van der Waals surface area contributed by atoms with Crippen molar-refractivity contribution in [1.29, 1.82) is 0 Å². The summed E-state index contributed by atoms with van der Waals surface area (Å²) in [5, 5.41) is 9.24. The number of ether oxygens (including phenoxy) is 1. The van der Waals surface area contributed by atoms with E-state index in [-0.39, 0.29) is 18.4 Å². The number of carbonyl (C=O) groups excluding carboxylic acids is 2. The minimum absolute atomic E-state index is 0.248. The van der Waals surface area contributed by atoms with Crippen LogP contribution in [0.2, 0.25) is 0 Å². The Labute approximate surface area is 191 Å². The van der Waals surface area contributed by atoms with Crippen LogP contribution >= 0.6 is 11.8 Å². The molecule has 0 atom stereocenters. The average molecular weight is 449 g/mol. The van der Waals surface area contributed by atoms with E-state index in [0.29, 0.717) is 41.0 Å². The summed E-state index contributed by atoms with van der Waals surface area (Å²) in [5.74, 6) is 1.48. The Balaban J connectivity index is 1.37. The summed E-state index contributed by atoms with van der Waals surface area (Å²) in [7, 11) is 0. The van der Waals surface area contributed by atoms with E-state index in [0.717, 1.165) is 12.2 Å². The molecule has 0 bridgehead atoms. The third kappa shape index (κ3) is 4.45. The van der Waals surface area contributed by atoms with Crippen molar-refractivity contribution in [2.75, 3.05) is 12.3 Å². The first-order valence-electron chi connectivity index (χ1n) is 10.4. The lowest BCUT2D eigenvalue weighted by Crippen LogP contribution is -2.31. The molecule has 0 N–H and O–H groups in total. The van der Waals surface area contributed by atoms with Crippen molar-refractivity contribution < 1.29 is 14.3 Å². The summed E-state index contributed by atoms with van der Waals surface area (Å²) in [6.45, 7) is 7.05. The van der Waals surface area contributed by atoms with Crippen molar-refractivity contribution >= 4 is 23.6 Å². The van der Waals surface area contributed by atoms with Gasteiger partial charge in [-0.2, -0.15) is 0 Å². The van der Waals surface area contributed by atoms with E-state index in [9.17, 15) is 9.59 Å². The summed E-state index contributed by atoms with van der Waals surface area (Å²) in [4.78, 5) is 26.3. The number of fused-ring (bicyclic) bond motifs is 1. The molecule has 164 valence electrons. The van der Waals surface area contributed by atoms with Crippen LogP contribution in [0.5, 0.6) is 5.75 Å². The van der Waals surface area contributed by atoms with Crippen molar-refractivity contribution in [3.63, 3.8) is 0 Å². The molecule has 0 aliphatic carbocycles. The fourth-order valence-electron chi connectivity index (χ4n) is 3.48. The summed E-state index contributed by atoms with van der Waals surface area (Å²) in [6.07, 6.45) is 2.76. The predicted molar refractivity (Wildman–Crippen MR) is 123 cm³/mol. The maximum Gasteiger partial charge on any atom is 0.261 e. The molecule has 7 nitrogen and oxygen atoms in total. The van der Waals surface area contributed by atoms with Gasteiger partial charge in [-0.15, -0.1) is 16.8 Å². The van der Waals surface area contributed by atoms with Crippen LogP contribution in [0, 0.1) is 0 Å². The maximum absolute atomic E-state index is 12.5. The van der Waals surface area contributed by atoms with Gasteiger partial charge in [-0.25, -0.2) is 0 Å². The molecule has 2 amide bonds. The number of aryl methyl sites for hydroxylation is 1. The molecule has 0 unspecified atom stereocenters. The molecule has 4 rings (SSSR count). The van der Waals surface area contributed by atoms with E-state index >= 15 is 0 Å². The predicted octanol–water partition coefficient (Wildman–Crippen LogP) is 3.99. The first kappa shape index (κ1) is 21.8. The molecule has 32 heavy (non-hydrogen) atoms. The highest BCUT2D eigenvalue weighted by Crippen LogP contribution is 2.24. The number of carbonyl (C=O) groups is 2. The van der Waals surface area contributed by atoms with Crippen molar-refractivity contribution in [1.82, 2.24) is 19.7 Å². The molecule has 0 spiro atoms. The van der Waals surface area contributed by atoms with Gasteiger partial charge in [0.05, 0.1) is 11.1 Å². The molecular weight excluding hydrogens is 424 g/mol. The maximum atomic E-state index is 12.5. The van der Waals surface area contributed by atoms with E-state index in [4.69, 9.17) is 4.74 Å². The van der Waals surface area contributed by atoms with Gasteiger partial charge in [0, 0.05) is 18.8 Å². The highest BCUT2D eigenvalue weighted by atomic mass is 32.2. The molecule has 2 aromatic carbocycles. The number of thioether (sulfide) groups is 1. The lowest BCUT2D eigenvalue weighted by molar-refractivity contribution is 0.0664. The number of rotatable bonds is 10. The number of benzene rings is 2. The molecule has 0 saturated heterocycles. The number of allylic oxidation sites excluding steroid dienone is 1. The molecular formula is C24H24N4O3S. The van der Waals surface area contributed by atoms with Crippen LogP contribution in [0.15, 0.2) is 66.3 Å². The third-order valence-corrected chi connectivity index (χ3v) is 6.18. The second-order valence-corrected chi connectivity index (χ2v) is 8.30. The van der Waals surface area contributed by atoms with Crippen molar-refractivity contribution in [2.24, 2.45) is 0 Å². The fourth-order valence-corrected chi connectivity index (χ4v) is 4.38. The van der Waals surface area contributed by atoms with Crippen LogP contribution in [0.1, 0.15) is 39.0 Å². The first-order valence-corrected chi connectivity index (χ1v) is 11.4. The molecule has 1 aliphatic heterocycles. The number of nitrogens with zero attached hydrogens (tertiary/aromatic N) is 4. The summed E-state index contributed by atoms with van der Waals surface area (Å²) in [6, 6.07) is 14.9. The van der Waals surface area contributed by atoms with Gasteiger partial charge in [0.25, 0.3) is 11.8 Å². The molecule has 3 aromatic rings. The number of amides is 2. The van der Waals surface area contributed by atoms with Crippen molar-refractivity contribution in [3.05, 3.63) is 83.7 Å². The molecule has 8 heteroatoms. The Hall–Kier alpha value is -3.39. The molecule has 0 fully saturated rings. The Morgan fingerprint density at radius 3 is 2.34 bits per heavy atom. The Bertz CT molecular complexity index is 1110. The smallest absolute Gasteiger partial charge is 0.261 e. The highest BCUT2D eigenvalue weighted by Gasteiger charge is 2.34. The van der Waals surface area contributed by atoms with Crippen molar-refractivity contribution in [2.45, 2.75) is 31.7 Å². The molecule has 2 heterocycles. The van der Waals surface area contributed by atoms with Crippen LogP contribution in [-0.2, 0) is 19.6 Å². The average Bonchev–Trinajstić information content (AvgIpc) is 3.32. The van der Waals surface area contributed by atoms with Gasteiger partial charge in [0.2, 0.25) is 0 Å². The van der Waals surface area contributed by atoms with Gasteiger partial charge in [0.15, 0.2) is 11.0 Å². The van der Waals surface area contributed by atoms with Gasteiger partial charge in [-0.3, -0.25) is 19.1 Å². The topological polar surface area (TPSA) is 77.3 Å². The number of aromatic nitrogens is 3. The first-order chi connectivity index (χ1) is 15.6. The Kier molecular flexibility index (Phi) is 6.70. The molecule has 1 aliphatic rings. The van der Waals surface area contributed by atoms with Crippen LogP contribution in [0.25, 0.3) is 0 Å². The van der Waals surface area contributed by atoms with Gasteiger partial charge < -0.3 is 4.74 Å². The largest absolute Gasteiger partial charge is 0.486 e. The number of hydrogen-bond acceptors (Lipinski definition) is 6. The highest BCUT2D eigenvalue weighted by molar-refractivity contribution is 7.99. The zero-order valence-electron chi connectivity index (χ0n) is 17.9. The minimum atomic E-state index is -0.248. The molecule has 0 radical (unpaired) electrons. The van der Waals surface area contributed by atoms with Gasteiger partial charge >= 0.3 is 0 Å². The number of imide groups is 1. The van der Waals surface area contributed by atoms with Gasteiger partial charge in [-0.05, 0) is 36.2 Å². The third-order valence-electron chi connectivity index (χ3n) is 5.23. The van der Waals surface area contributed by atoms with Crippen LogP contribution in [0.3, 0.4) is 0 Å². The van der Waals surface area contributed by atoms with E-state index in [1.165, 1.54) is 22.2 Å². The van der Waals surface area contributed by atoms with Gasteiger partial charge in [-0.1, -0.05) is 49.0 Å². The molecule has 1 aromatic heterocycles. The lowest BCUT2D eigenvalue weighted by atomic mass is 10.1. The second-order valence-electron chi connectivity index (χ2n) is 7.24. The van der Waals surface area contributed by atoms with E-state index in [1.54, 1.807) is 30.3 Å². The number of hydrogen-bond donors (Lipinski definition) is 0. The second kappa shape index (κ2) is 9.82. The zero-order valence-corrected chi connectivity index (χ0v) is 18.7. The van der Waals surface area contributed by atoms with Crippen LogP contribution in [0.4, 0.5) is 0 Å². The summed E-state index contributed by atoms with van der Waals surface area (Å²) >= 11 is 1.44. The van der Waals surface area contributed by atoms with Gasteiger partial charge in [0.1, 0.15) is 12.4 Å². The van der Waals surface area contributed by atoms with Crippen molar-refractivity contribution in [3.8, 4) is 5.75 Å². The summed E-state index contributed by atoms with van der Waals surface area (Å²) < 4.78 is 7.81. The van der Waals surface area contributed by atoms with E-state index < -0.39 is 0 Å². The van der Waals surface area contributed by atoms with E-state index in [1.807, 2.05) is 28.8 Å². The van der Waals surface area contributed by atoms with E-state index in [2.05, 4.69) is 23.7 Å². The quantitative estimate of drug-likeness (QED) is 0.265. The Morgan fingerprint density at radius 1 is 1.03 bits per heavy atom. The summed E-state index contributed by atoms with van der Waals surface area (Å²) in [5.41, 5.74) is 2.18. The fraction of sp³-hybridized carbons (Fsp3) is 0.250. The van der Waals surface area contributed by atoms with Crippen LogP contribution < -0.4 is 4.74 Å². The Morgan fingerprint density at radius 2 is 1.72 bits per heavy atom. The monoisotopic (exact) mass is 448 g/mol. The minimum Gasteiger partial charge on any atom is -0.486 e. The SMILES string of the molecule is C=CCn1c(COc2ccc(CC)cc2)nnc1SCCN1C(=O)c2ccccc2C1=O.